The molecule has 2 N–H and O–H groups in total. The summed E-state index contributed by atoms with van der Waals surface area (Å²) in [5.41, 5.74) is 3.91. The van der Waals surface area contributed by atoms with E-state index in [4.69, 9.17) is 0 Å². The van der Waals surface area contributed by atoms with Crippen LogP contribution in [0, 0.1) is 11.8 Å². The van der Waals surface area contributed by atoms with Crippen LogP contribution < -0.4 is 5.32 Å². The molecule has 2 fully saturated rings. The number of fused-ring (bicyclic) bond motifs is 1. The Kier molecular flexibility index (Phi) is 7.38. The summed E-state index contributed by atoms with van der Waals surface area (Å²) in [7, 11) is 0. The molecule has 3 aromatic rings. The Morgan fingerprint density at radius 2 is 1.80 bits per heavy atom. The van der Waals surface area contributed by atoms with Crippen LogP contribution in [0.15, 0.2) is 67.1 Å². The zero-order valence-electron chi connectivity index (χ0n) is 20.1. The molecule has 35 heavy (non-hydrogen) atoms. The van der Waals surface area contributed by atoms with E-state index in [1.807, 2.05) is 42.5 Å². The van der Waals surface area contributed by atoms with Crippen LogP contribution in [0.3, 0.4) is 0 Å². The van der Waals surface area contributed by atoms with Crippen LogP contribution in [-0.2, 0) is 11.2 Å². The van der Waals surface area contributed by atoms with Gasteiger partial charge in [0.15, 0.2) is 0 Å². The Labute approximate surface area is 207 Å². The molecule has 2 aromatic carbocycles. The van der Waals surface area contributed by atoms with E-state index >= 15 is 0 Å². The molecular weight excluding hydrogens is 436 g/mol. The van der Waals surface area contributed by atoms with Gasteiger partial charge >= 0.3 is 0 Å². The smallest absolute Gasteiger partial charge is 0.254 e. The van der Waals surface area contributed by atoms with E-state index in [2.05, 4.69) is 32.3 Å². The van der Waals surface area contributed by atoms with Gasteiger partial charge in [0.25, 0.3) is 5.91 Å². The number of H-pyrrole nitrogens is 1. The first-order valence-electron chi connectivity index (χ1n) is 12.8. The van der Waals surface area contributed by atoms with Crippen molar-refractivity contribution in [1.29, 1.82) is 0 Å². The van der Waals surface area contributed by atoms with Gasteiger partial charge in [0, 0.05) is 43.0 Å². The van der Waals surface area contributed by atoms with Gasteiger partial charge < -0.3 is 20.0 Å². The van der Waals surface area contributed by atoms with Crippen molar-refractivity contribution in [3.05, 3.63) is 78.4 Å². The van der Waals surface area contributed by atoms with Crippen molar-refractivity contribution in [1.82, 2.24) is 20.2 Å². The number of benzene rings is 2. The number of hydrogen-bond donors (Lipinski definition) is 2. The van der Waals surface area contributed by atoms with Crippen LogP contribution in [0.2, 0.25) is 0 Å². The number of rotatable bonds is 8. The van der Waals surface area contributed by atoms with Gasteiger partial charge in [-0.2, -0.15) is 0 Å². The van der Waals surface area contributed by atoms with Gasteiger partial charge in [0.1, 0.15) is 6.29 Å². The highest BCUT2D eigenvalue weighted by Gasteiger charge is 2.39. The molecule has 2 heterocycles. The second-order valence-corrected chi connectivity index (χ2v) is 10.0. The van der Waals surface area contributed by atoms with Crippen molar-refractivity contribution < 1.29 is 9.59 Å². The predicted molar refractivity (Wildman–Crippen MR) is 137 cm³/mol. The Morgan fingerprint density at radius 1 is 1.06 bits per heavy atom. The van der Waals surface area contributed by atoms with Crippen LogP contribution in [0.4, 0.5) is 0 Å². The van der Waals surface area contributed by atoms with Crippen molar-refractivity contribution in [2.45, 2.75) is 50.6 Å². The molecule has 1 aromatic heterocycles. The molecule has 5 rings (SSSR count). The lowest BCUT2D eigenvalue weighted by Crippen LogP contribution is -2.55. The zero-order chi connectivity index (χ0) is 24.0. The Bertz CT molecular complexity index is 1100. The van der Waals surface area contributed by atoms with E-state index in [-0.39, 0.29) is 18.0 Å². The number of aromatic nitrogens is 2. The third-order valence-electron chi connectivity index (χ3n) is 7.79. The summed E-state index contributed by atoms with van der Waals surface area (Å²) in [4.78, 5) is 34.7. The van der Waals surface area contributed by atoms with Gasteiger partial charge in [-0.1, -0.05) is 61.7 Å². The summed E-state index contributed by atoms with van der Waals surface area (Å²) < 4.78 is 0. The highest BCUT2D eigenvalue weighted by molar-refractivity contribution is 5.95. The molecule has 4 atom stereocenters. The predicted octanol–water partition coefficient (Wildman–Crippen LogP) is 4.50. The fourth-order valence-electron chi connectivity index (χ4n) is 5.85. The van der Waals surface area contributed by atoms with Crippen LogP contribution in [0.5, 0.6) is 0 Å². The number of carbonyl (C=O) groups excluding carboxylic acids is 2. The first kappa shape index (κ1) is 23.5. The molecular formula is C29H34N4O2. The monoisotopic (exact) mass is 470 g/mol. The quantitative estimate of drug-likeness (QED) is 0.475. The molecule has 1 amide bonds. The first-order valence-corrected chi connectivity index (χ1v) is 12.8. The van der Waals surface area contributed by atoms with Crippen LogP contribution in [0.1, 0.15) is 48.2 Å². The van der Waals surface area contributed by atoms with Gasteiger partial charge in [0.05, 0.1) is 12.4 Å². The van der Waals surface area contributed by atoms with E-state index in [0.717, 1.165) is 41.6 Å². The molecule has 0 spiro atoms. The fourth-order valence-corrected chi connectivity index (χ4v) is 5.85. The molecule has 2 aliphatic rings. The van der Waals surface area contributed by atoms with Gasteiger partial charge in [0.2, 0.25) is 0 Å². The Hall–Kier alpha value is -3.25. The number of aromatic amines is 1. The molecule has 1 unspecified atom stereocenters. The second-order valence-electron chi connectivity index (χ2n) is 10.0. The SMILES string of the molecule is O=CC(Cc1cnc[nH]1)NC[C@H]1C[C@@H]2CCCC[C@@H]2CN1C(=O)c1ccc(-c2ccccc2)cc1. The van der Waals surface area contributed by atoms with Crippen LogP contribution >= 0.6 is 0 Å². The molecule has 182 valence electrons. The maximum absolute atomic E-state index is 13.7. The fraction of sp³-hybridized carbons (Fsp3) is 0.414. The number of amides is 1. The number of hydrogen-bond acceptors (Lipinski definition) is 4. The third-order valence-corrected chi connectivity index (χ3v) is 7.79. The Balaban J connectivity index is 1.31. The van der Waals surface area contributed by atoms with E-state index in [0.29, 0.717) is 24.8 Å². The van der Waals surface area contributed by atoms with E-state index in [1.165, 1.54) is 25.7 Å². The van der Waals surface area contributed by atoms with Gasteiger partial charge in [-0.3, -0.25) is 4.79 Å². The van der Waals surface area contributed by atoms with E-state index in [1.54, 1.807) is 12.5 Å². The molecule has 6 heteroatoms. The average molecular weight is 471 g/mol. The van der Waals surface area contributed by atoms with Crippen LogP contribution in [-0.4, -0.2) is 52.2 Å². The summed E-state index contributed by atoms with van der Waals surface area (Å²) in [6.07, 6.45) is 10.9. The highest BCUT2D eigenvalue weighted by atomic mass is 16.2. The van der Waals surface area contributed by atoms with Crippen molar-refractivity contribution in [2.24, 2.45) is 11.8 Å². The molecule has 1 saturated heterocycles. The number of carbonyl (C=O) groups is 2. The van der Waals surface area contributed by atoms with E-state index in [9.17, 15) is 9.59 Å². The molecule has 0 radical (unpaired) electrons. The maximum atomic E-state index is 13.7. The summed E-state index contributed by atoms with van der Waals surface area (Å²) in [5.74, 6) is 1.35. The summed E-state index contributed by atoms with van der Waals surface area (Å²) in [5, 5.41) is 3.43. The molecule has 0 bridgehead atoms. The topological polar surface area (TPSA) is 78.1 Å². The lowest BCUT2D eigenvalue weighted by Gasteiger charge is -2.46. The number of nitrogens with zero attached hydrogens (tertiary/aromatic N) is 2. The molecule has 1 aliphatic carbocycles. The van der Waals surface area contributed by atoms with Crippen LogP contribution in [0.25, 0.3) is 11.1 Å². The normalized spacial score (nSPS) is 22.9. The standard InChI is InChI=1S/C29H34N4O2/c34-19-27(15-26-16-30-20-32-26)31-17-28-14-24-8-4-5-9-25(24)18-33(28)29(35)23-12-10-22(11-13-23)21-6-2-1-3-7-21/h1-3,6-7,10-13,16,19-20,24-25,27-28,31H,4-5,8-9,14-15,17-18H2,(H,30,32)/t24-,25+,27?,28+/m0/s1. The van der Waals surface area contributed by atoms with Gasteiger partial charge in [-0.25, -0.2) is 4.98 Å². The number of imidazole rings is 1. The lowest BCUT2D eigenvalue weighted by molar-refractivity contribution is -0.109. The highest BCUT2D eigenvalue weighted by Crippen LogP contribution is 2.39. The van der Waals surface area contributed by atoms with Gasteiger partial charge in [-0.15, -0.1) is 0 Å². The minimum absolute atomic E-state index is 0.0832. The van der Waals surface area contributed by atoms with Gasteiger partial charge in [-0.05, 0) is 47.9 Å². The largest absolute Gasteiger partial charge is 0.348 e. The third kappa shape index (κ3) is 5.54. The van der Waals surface area contributed by atoms with E-state index < -0.39 is 0 Å². The number of nitrogens with one attached hydrogen (secondary N) is 2. The van der Waals surface area contributed by atoms with Crippen molar-refractivity contribution >= 4 is 12.2 Å². The van der Waals surface area contributed by atoms with Crippen molar-refractivity contribution in [3.8, 4) is 11.1 Å². The maximum Gasteiger partial charge on any atom is 0.254 e. The Morgan fingerprint density at radius 3 is 2.51 bits per heavy atom. The minimum Gasteiger partial charge on any atom is -0.348 e. The first-order chi connectivity index (χ1) is 17.2. The summed E-state index contributed by atoms with van der Waals surface area (Å²) >= 11 is 0. The van der Waals surface area contributed by atoms with Crippen molar-refractivity contribution in [3.63, 3.8) is 0 Å². The van der Waals surface area contributed by atoms with Crippen molar-refractivity contribution in [2.75, 3.05) is 13.1 Å². The molecule has 6 nitrogen and oxygen atoms in total. The summed E-state index contributed by atoms with van der Waals surface area (Å²) in [6.45, 7) is 1.43. The summed E-state index contributed by atoms with van der Waals surface area (Å²) in [6, 6.07) is 18.0. The number of piperidine rings is 1. The number of aldehydes is 1. The number of likely N-dealkylation sites (tertiary alicyclic amines) is 1. The lowest BCUT2D eigenvalue weighted by atomic mass is 9.72. The second kappa shape index (κ2) is 11.0. The molecule has 1 aliphatic heterocycles. The molecule has 1 saturated carbocycles. The average Bonchev–Trinajstić information content (AvgIpc) is 3.44. The minimum atomic E-state index is -0.304. The zero-order valence-corrected chi connectivity index (χ0v) is 20.1.